The fraction of sp³-hybridized carbons (Fsp3) is 0.714. The molecule has 0 radical (unpaired) electrons. The van der Waals surface area contributed by atoms with Gasteiger partial charge in [-0.3, -0.25) is 14.4 Å². The number of allylic oxidation sites excluding steroid dienone is 4. The Labute approximate surface area is 217 Å². The fourth-order valence-corrected chi connectivity index (χ4v) is 7.56. The van der Waals surface area contributed by atoms with Crippen molar-refractivity contribution in [2.45, 2.75) is 84.0 Å². The van der Waals surface area contributed by atoms with Crippen molar-refractivity contribution in [3.8, 4) is 0 Å². The first-order valence-corrected chi connectivity index (χ1v) is 13.1. The number of aliphatic hydroxyl groups excluding tert-OH is 1. The van der Waals surface area contributed by atoms with Gasteiger partial charge in [0.2, 0.25) is 5.78 Å². The maximum absolute atomic E-state index is 13.3. The minimum Gasteiger partial charge on any atom is -0.456 e. The maximum atomic E-state index is 13.3. The summed E-state index contributed by atoms with van der Waals surface area (Å²) in [5.41, 5.74) is -2.72. The summed E-state index contributed by atoms with van der Waals surface area (Å²) in [7, 11) is 0. The maximum Gasteiger partial charge on any atom is 0.408 e. The van der Waals surface area contributed by atoms with Gasteiger partial charge in [0.1, 0.15) is 17.7 Å². The molecular formula is C28H39NO8. The number of ketones is 2. The van der Waals surface area contributed by atoms with Crippen LogP contribution in [0.1, 0.15) is 66.7 Å². The third-order valence-electron chi connectivity index (χ3n) is 9.25. The second kappa shape index (κ2) is 9.34. The highest BCUT2D eigenvalue weighted by Crippen LogP contribution is 2.67. The first kappa shape index (κ1) is 27.5. The molecule has 0 aliphatic heterocycles. The van der Waals surface area contributed by atoms with Gasteiger partial charge in [-0.2, -0.15) is 0 Å². The first-order valence-electron chi connectivity index (χ1n) is 13.1. The van der Waals surface area contributed by atoms with Crippen molar-refractivity contribution in [2.75, 3.05) is 13.2 Å². The van der Waals surface area contributed by atoms with Crippen LogP contribution in [0.5, 0.6) is 0 Å². The Bertz CT molecular complexity index is 1060. The van der Waals surface area contributed by atoms with Crippen LogP contribution in [0.4, 0.5) is 4.79 Å². The molecular weight excluding hydrogens is 478 g/mol. The van der Waals surface area contributed by atoms with E-state index in [1.165, 1.54) is 0 Å². The molecule has 1 amide bonds. The van der Waals surface area contributed by atoms with Crippen molar-refractivity contribution in [3.05, 3.63) is 23.8 Å². The van der Waals surface area contributed by atoms with Gasteiger partial charge in [0.05, 0.1) is 6.10 Å². The van der Waals surface area contributed by atoms with Crippen molar-refractivity contribution in [1.82, 2.24) is 5.32 Å². The molecule has 9 nitrogen and oxygen atoms in total. The van der Waals surface area contributed by atoms with E-state index in [2.05, 4.69) is 12.2 Å². The van der Waals surface area contributed by atoms with Gasteiger partial charge in [0, 0.05) is 16.7 Å². The van der Waals surface area contributed by atoms with Crippen LogP contribution >= 0.6 is 0 Å². The second-order valence-electron chi connectivity index (χ2n) is 12.5. The standard InChI is InChI=1S/C28H39NO8/c1-25(2,3)37-24(34)29-14-22(33)36-15-21(32)28(35)11-9-19-18-7-6-16-12-17(30)8-10-26(16,4)23(18)20(31)13-27(19,28)5/h8,10,12,18-20,23,31,35H,6-7,9,11,13-15H2,1-5H3,(H,29,34). The summed E-state index contributed by atoms with van der Waals surface area (Å²) in [6.45, 7) is 7.94. The lowest BCUT2D eigenvalue weighted by molar-refractivity contribution is -0.181. The minimum absolute atomic E-state index is 0.00351. The molecule has 0 aromatic rings. The topological polar surface area (TPSA) is 139 Å². The van der Waals surface area contributed by atoms with Crippen molar-refractivity contribution in [1.29, 1.82) is 0 Å². The Morgan fingerprint density at radius 1 is 1.19 bits per heavy atom. The molecule has 4 aliphatic carbocycles. The highest BCUT2D eigenvalue weighted by molar-refractivity contribution is 6.01. The van der Waals surface area contributed by atoms with E-state index >= 15 is 0 Å². The van der Waals surface area contributed by atoms with Crippen LogP contribution in [0.2, 0.25) is 0 Å². The predicted molar refractivity (Wildman–Crippen MR) is 133 cm³/mol. The summed E-state index contributed by atoms with van der Waals surface area (Å²) in [4.78, 5) is 49.1. The van der Waals surface area contributed by atoms with E-state index < -0.39 is 59.1 Å². The number of aliphatic hydroxyl groups is 2. The van der Waals surface area contributed by atoms with E-state index in [0.29, 0.717) is 6.42 Å². The molecule has 37 heavy (non-hydrogen) atoms. The number of carbonyl (C=O) groups is 4. The first-order chi connectivity index (χ1) is 17.1. The number of nitrogens with one attached hydrogen (secondary N) is 1. The summed E-state index contributed by atoms with van der Waals surface area (Å²) >= 11 is 0. The number of amides is 1. The Morgan fingerprint density at radius 3 is 2.57 bits per heavy atom. The number of ether oxygens (including phenoxy) is 2. The average Bonchev–Trinajstić information content (AvgIpc) is 3.06. The lowest BCUT2D eigenvalue weighted by Gasteiger charge is -2.59. The van der Waals surface area contributed by atoms with E-state index in [0.717, 1.165) is 18.4 Å². The molecule has 4 rings (SSSR count). The average molecular weight is 518 g/mol. The lowest BCUT2D eigenvalue weighted by atomic mass is 9.46. The molecule has 0 aromatic carbocycles. The van der Waals surface area contributed by atoms with E-state index in [1.54, 1.807) is 32.9 Å². The third kappa shape index (κ3) is 4.76. The van der Waals surface area contributed by atoms with Crippen LogP contribution in [-0.2, 0) is 23.9 Å². The number of hydrogen-bond donors (Lipinski definition) is 3. The molecule has 7 unspecified atom stereocenters. The van der Waals surface area contributed by atoms with E-state index in [1.807, 2.05) is 13.0 Å². The van der Waals surface area contributed by atoms with Gasteiger partial charge in [-0.1, -0.05) is 25.5 Å². The van der Waals surface area contributed by atoms with Crippen LogP contribution in [0.15, 0.2) is 23.8 Å². The van der Waals surface area contributed by atoms with Gasteiger partial charge >= 0.3 is 12.1 Å². The van der Waals surface area contributed by atoms with Gasteiger partial charge in [-0.05, 0) is 76.9 Å². The van der Waals surface area contributed by atoms with Crippen molar-refractivity contribution in [2.24, 2.45) is 28.6 Å². The summed E-state index contributed by atoms with van der Waals surface area (Å²) in [5.74, 6) is -1.47. The Hall–Kier alpha value is -2.52. The molecule has 0 saturated heterocycles. The molecule has 4 aliphatic rings. The van der Waals surface area contributed by atoms with E-state index in [9.17, 15) is 29.4 Å². The fourth-order valence-electron chi connectivity index (χ4n) is 7.56. The van der Waals surface area contributed by atoms with Crippen molar-refractivity contribution >= 4 is 23.6 Å². The Balaban J connectivity index is 1.43. The molecule has 0 spiro atoms. The SMILES string of the molecule is CC(C)(C)OC(=O)NCC(=O)OCC(=O)C1(O)CCC2C3CCC4=CC(=O)C=CC4(C)C3C(O)CC21C. The molecule has 3 N–H and O–H groups in total. The molecule has 0 aromatic heterocycles. The summed E-state index contributed by atoms with van der Waals surface area (Å²) in [6, 6.07) is 0. The highest BCUT2D eigenvalue weighted by Gasteiger charge is 2.68. The number of fused-ring (bicyclic) bond motifs is 5. The molecule has 3 saturated carbocycles. The smallest absolute Gasteiger partial charge is 0.408 e. The van der Waals surface area contributed by atoms with Crippen LogP contribution < -0.4 is 5.32 Å². The molecule has 7 atom stereocenters. The van der Waals surface area contributed by atoms with Crippen molar-refractivity contribution in [3.63, 3.8) is 0 Å². The Morgan fingerprint density at radius 2 is 1.89 bits per heavy atom. The van der Waals surface area contributed by atoms with E-state index in [-0.39, 0.29) is 36.4 Å². The van der Waals surface area contributed by atoms with Gasteiger partial charge < -0.3 is 25.0 Å². The zero-order valence-electron chi connectivity index (χ0n) is 22.3. The number of rotatable bonds is 5. The quantitative estimate of drug-likeness (QED) is 0.473. The number of esters is 1. The lowest BCUT2D eigenvalue weighted by Crippen LogP contribution is -2.61. The van der Waals surface area contributed by atoms with Crippen LogP contribution in [-0.4, -0.2) is 64.3 Å². The molecule has 204 valence electrons. The number of Topliss-reactive ketones (excluding diaryl/α,β-unsaturated/α-hetero) is 1. The van der Waals surface area contributed by atoms with Crippen LogP contribution in [0.25, 0.3) is 0 Å². The zero-order chi connectivity index (χ0) is 27.4. The second-order valence-corrected chi connectivity index (χ2v) is 12.5. The van der Waals surface area contributed by atoms with E-state index in [4.69, 9.17) is 9.47 Å². The summed E-state index contributed by atoms with van der Waals surface area (Å²) < 4.78 is 10.2. The highest BCUT2D eigenvalue weighted by atomic mass is 16.6. The zero-order valence-corrected chi connectivity index (χ0v) is 22.3. The molecule has 0 heterocycles. The molecule has 3 fully saturated rings. The number of carbonyl (C=O) groups excluding carboxylic acids is 4. The monoisotopic (exact) mass is 517 g/mol. The Kier molecular flexibility index (Phi) is 6.95. The molecule has 0 bridgehead atoms. The number of hydrogen-bond acceptors (Lipinski definition) is 8. The third-order valence-corrected chi connectivity index (χ3v) is 9.25. The number of alkyl carbamates (subject to hydrolysis) is 1. The molecule has 9 heteroatoms. The minimum atomic E-state index is -1.74. The van der Waals surface area contributed by atoms with Gasteiger partial charge in [-0.15, -0.1) is 0 Å². The summed E-state index contributed by atoms with van der Waals surface area (Å²) in [5, 5.41) is 25.4. The van der Waals surface area contributed by atoms with Crippen molar-refractivity contribution < 1.29 is 38.9 Å². The van der Waals surface area contributed by atoms with Gasteiger partial charge in [0.25, 0.3) is 0 Å². The predicted octanol–water partition coefficient (Wildman–Crippen LogP) is 2.63. The summed E-state index contributed by atoms with van der Waals surface area (Å²) in [6.07, 6.45) is 6.25. The van der Waals surface area contributed by atoms with Gasteiger partial charge in [-0.25, -0.2) is 4.79 Å². The van der Waals surface area contributed by atoms with Crippen LogP contribution in [0.3, 0.4) is 0 Å². The normalized spacial score (nSPS) is 38.6. The van der Waals surface area contributed by atoms with Gasteiger partial charge in [0.15, 0.2) is 12.4 Å². The van der Waals surface area contributed by atoms with Crippen LogP contribution in [0, 0.1) is 28.6 Å². The largest absolute Gasteiger partial charge is 0.456 e.